The van der Waals surface area contributed by atoms with Gasteiger partial charge in [0, 0.05) is 17.8 Å². The van der Waals surface area contributed by atoms with E-state index in [2.05, 4.69) is 15.0 Å². The van der Waals surface area contributed by atoms with Crippen LogP contribution in [0.2, 0.25) is 0 Å². The van der Waals surface area contributed by atoms with E-state index in [9.17, 15) is 13.2 Å². The highest BCUT2D eigenvalue weighted by atomic mass is 19.4. The highest BCUT2D eigenvalue weighted by Crippen LogP contribution is 2.29. The summed E-state index contributed by atoms with van der Waals surface area (Å²) < 4.78 is 43.5. The number of nitrogen functional groups attached to an aromatic ring is 1. The molecule has 0 radical (unpaired) electrons. The van der Waals surface area contributed by atoms with E-state index in [1.807, 2.05) is 0 Å². The third-order valence-electron chi connectivity index (χ3n) is 2.88. The first-order valence-electron chi connectivity index (χ1n) is 6.54. The monoisotopic (exact) mass is 312 g/mol. The van der Waals surface area contributed by atoms with Crippen molar-refractivity contribution in [2.45, 2.75) is 26.1 Å². The zero-order valence-electron chi connectivity index (χ0n) is 12.0. The van der Waals surface area contributed by atoms with Crippen LogP contribution in [0.1, 0.15) is 13.8 Å². The minimum atomic E-state index is -4.45. The molecule has 0 aliphatic heterocycles. The Balaban J connectivity index is 2.16. The summed E-state index contributed by atoms with van der Waals surface area (Å²) in [4.78, 5) is 11.8. The summed E-state index contributed by atoms with van der Waals surface area (Å²) in [5, 5.41) is 0. The van der Waals surface area contributed by atoms with E-state index in [0.717, 1.165) is 0 Å². The maximum absolute atomic E-state index is 12.9. The molecule has 2 rings (SSSR count). The van der Waals surface area contributed by atoms with Gasteiger partial charge in [0.15, 0.2) is 6.10 Å². The number of nitrogens with zero attached hydrogens (tertiary/aromatic N) is 3. The van der Waals surface area contributed by atoms with Gasteiger partial charge in [-0.3, -0.25) is 4.98 Å². The SMILES string of the molecule is CC(C)C(Oc1ccc(-c2cnc(N)cn2)cn1)C(F)(F)F. The van der Waals surface area contributed by atoms with Gasteiger partial charge in [-0.25, -0.2) is 9.97 Å². The maximum atomic E-state index is 12.9. The molecule has 0 aliphatic rings. The minimum Gasteiger partial charge on any atom is -0.464 e. The maximum Gasteiger partial charge on any atom is 0.425 e. The number of hydrogen-bond acceptors (Lipinski definition) is 5. The second kappa shape index (κ2) is 6.17. The molecule has 5 nitrogen and oxygen atoms in total. The molecule has 0 fully saturated rings. The van der Waals surface area contributed by atoms with E-state index in [1.165, 1.54) is 38.5 Å². The van der Waals surface area contributed by atoms with Crippen molar-refractivity contribution >= 4 is 5.82 Å². The zero-order valence-corrected chi connectivity index (χ0v) is 12.0. The van der Waals surface area contributed by atoms with Crippen LogP contribution in [0.3, 0.4) is 0 Å². The Morgan fingerprint density at radius 2 is 1.77 bits per heavy atom. The largest absolute Gasteiger partial charge is 0.464 e. The van der Waals surface area contributed by atoms with Crippen molar-refractivity contribution in [3.63, 3.8) is 0 Å². The van der Waals surface area contributed by atoms with Crippen LogP contribution in [0.25, 0.3) is 11.3 Å². The molecule has 2 heterocycles. The lowest BCUT2D eigenvalue weighted by Crippen LogP contribution is -2.39. The van der Waals surface area contributed by atoms with Crippen molar-refractivity contribution < 1.29 is 17.9 Å². The van der Waals surface area contributed by atoms with Crippen LogP contribution >= 0.6 is 0 Å². The Kier molecular flexibility index (Phi) is 4.48. The normalized spacial score (nSPS) is 13.2. The second-order valence-corrected chi connectivity index (χ2v) is 5.04. The number of nitrogens with two attached hydrogens (primary N) is 1. The van der Waals surface area contributed by atoms with Gasteiger partial charge in [-0.1, -0.05) is 13.8 Å². The van der Waals surface area contributed by atoms with Crippen LogP contribution in [-0.2, 0) is 0 Å². The van der Waals surface area contributed by atoms with Crippen molar-refractivity contribution in [2.75, 3.05) is 5.73 Å². The average Bonchev–Trinajstić information content (AvgIpc) is 2.45. The van der Waals surface area contributed by atoms with Gasteiger partial charge >= 0.3 is 6.18 Å². The number of pyridine rings is 1. The molecule has 8 heteroatoms. The highest BCUT2D eigenvalue weighted by molar-refractivity contribution is 5.57. The number of anilines is 1. The van der Waals surface area contributed by atoms with Crippen LogP contribution in [0, 0.1) is 5.92 Å². The number of alkyl halides is 3. The Hall–Kier alpha value is -2.38. The molecule has 2 aromatic heterocycles. The quantitative estimate of drug-likeness (QED) is 0.939. The third-order valence-corrected chi connectivity index (χ3v) is 2.88. The molecule has 22 heavy (non-hydrogen) atoms. The molecule has 2 aromatic rings. The summed E-state index contributed by atoms with van der Waals surface area (Å²) in [6, 6.07) is 2.94. The summed E-state index contributed by atoms with van der Waals surface area (Å²) in [7, 11) is 0. The van der Waals surface area contributed by atoms with Crippen LogP contribution in [0.5, 0.6) is 5.88 Å². The van der Waals surface area contributed by atoms with Gasteiger partial charge in [0.2, 0.25) is 5.88 Å². The van der Waals surface area contributed by atoms with Gasteiger partial charge in [0.25, 0.3) is 0 Å². The lowest BCUT2D eigenvalue weighted by atomic mass is 10.1. The predicted octanol–water partition coefficient (Wildman–Crippen LogP) is 3.09. The number of halogens is 3. The van der Waals surface area contributed by atoms with Crippen molar-refractivity contribution in [3.05, 3.63) is 30.7 Å². The molecular weight excluding hydrogens is 297 g/mol. The summed E-state index contributed by atoms with van der Waals surface area (Å²) in [6.45, 7) is 2.88. The Morgan fingerprint density at radius 1 is 1.05 bits per heavy atom. The first kappa shape index (κ1) is 16.0. The van der Waals surface area contributed by atoms with E-state index < -0.39 is 18.2 Å². The van der Waals surface area contributed by atoms with Gasteiger partial charge in [-0.05, 0) is 12.0 Å². The summed E-state index contributed by atoms with van der Waals surface area (Å²) in [5.41, 5.74) is 6.56. The molecule has 0 spiro atoms. The minimum absolute atomic E-state index is 0.0943. The molecule has 0 aromatic carbocycles. The van der Waals surface area contributed by atoms with Gasteiger partial charge in [-0.15, -0.1) is 0 Å². The van der Waals surface area contributed by atoms with Gasteiger partial charge in [0.1, 0.15) is 5.82 Å². The fourth-order valence-electron chi connectivity index (χ4n) is 1.80. The van der Waals surface area contributed by atoms with E-state index in [4.69, 9.17) is 10.5 Å². The topological polar surface area (TPSA) is 73.9 Å². The first-order valence-corrected chi connectivity index (χ1v) is 6.54. The van der Waals surface area contributed by atoms with E-state index >= 15 is 0 Å². The first-order chi connectivity index (χ1) is 10.3. The molecule has 0 amide bonds. The fourth-order valence-corrected chi connectivity index (χ4v) is 1.80. The summed E-state index contributed by atoms with van der Waals surface area (Å²) in [6.07, 6.45) is -2.13. The summed E-state index contributed by atoms with van der Waals surface area (Å²) in [5.74, 6) is -0.533. The standard InChI is InChI=1S/C14H15F3N4O/c1-8(2)13(14(15,16)17)22-12-4-3-9(5-21-12)10-6-20-11(18)7-19-10/h3-8,13H,1-2H3,(H2,18,20). The molecule has 2 N–H and O–H groups in total. The van der Waals surface area contributed by atoms with E-state index in [1.54, 1.807) is 6.07 Å². The van der Waals surface area contributed by atoms with E-state index in [0.29, 0.717) is 11.3 Å². The number of rotatable bonds is 4. The molecular formula is C14H15F3N4O. The third kappa shape index (κ3) is 3.84. The van der Waals surface area contributed by atoms with Gasteiger partial charge in [-0.2, -0.15) is 13.2 Å². The van der Waals surface area contributed by atoms with Crippen molar-refractivity contribution in [1.29, 1.82) is 0 Å². The van der Waals surface area contributed by atoms with Crippen LogP contribution in [0.4, 0.5) is 19.0 Å². The molecule has 118 valence electrons. The summed E-state index contributed by atoms with van der Waals surface area (Å²) >= 11 is 0. The van der Waals surface area contributed by atoms with E-state index in [-0.39, 0.29) is 11.7 Å². The Morgan fingerprint density at radius 3 is 2.23 bits per heavy atom. The Bertz CT molecular complexity index is 611. The van der Waals surface area contributed by atoms with Crippen molar-refractivity contribution in [3.8, 4) is 17.1 Å². The van der Waals surface area contributed by atoms with Gasteiger partial charge in [0.05, 0.1) is 18.1 Å². The molecule has 1 unspecified atom stereocenters. The molecule has 0 bridgehead atoms. The molecule has 0 saturated carbocycles. The molecule has 1 atom stereocenters. The van der Waals surface area contributed by atoms with Gasteiger partial charge < -0.3 is 10.5 Å². The van der Waals surface area contributed by atoms with Crippen molar-refractivity contribution in [2.24, 2.45) is 5.92 Å². The lowest BCUT2D eigenvalue weighted by molar-refractivity contribution is -0.207. The molecule has 0 saturated heterocycles. The smallest absolute Gasteiger partial charge is 0.425 e. The highest BCUT2D eigenvalue weighted by Gasteiger charge is 2.44. The number of aromatic nitrogens is 3. The predicted molar refractivity (Wildman–Crippen MR) is 75.0 cm³/mol. The fraction of sp³-hybridized carbons (Fsp3) is 0.357. The van der Waals surface area contributed by atoms with Crippen LogP contribution < -0.4 is 10.5 Å². The molecule has 0 aliphatic carbocycles. The van der Waals surface area contributed by atoms with Crippen LogP contribution in [-0.4, -0.2) is 27.2 Å². The number of hydrogen-bond donors (Lipinski definition) is 1. The average molecular weight is 312 g/mol. The number of ether oxygens (including phenoxy) is 1. The van der Waals surface area contributed by atoms with Crippen molar-refractivity contribution in [1.82, 2.24) is 15.0 Å². The lowest BCUT2D eigenvalue weighted by Gasteiger charge is -2.24. The van der Waals surface area contributed by atoms with Crippen LogP contribution in [0.15, 0.2) is 30.7 Å². The second-order valence-electron chi connectivity index (χ2n) is 5.04. The zero-order chi connectivity index (χ0) is 16.3. The Labute approximate surface area is 125 Å².